The fraction of sp³-hybridized carbons (Fsp3) is 0.100. The first-order valence-electron chi connectivity index (χ1n) is 4.07. The summed E-state index contributed by atoms with van der Waals surface area (Å²) in [5, 5.41) is 1.65. The normalized spacial score (nSPS) is 10.4. The summed E-state index contributed by atoms with van der Waals surface area (Å²) in [6, 6.07) is 7.67. The van der Waals surface area contributed by atoms with Crippen molar-refractivity contribution in [3.8, 4) is 10.6 Å². The molecule has 0 fully saturated rings. The molecule has 4 heteroatoms. The van der Waals surface area contributed by atoms with Crippen molar-refractivity contribution in [2.45, 2.75) is 5.88 Å². The number of hydrogen-bond donors (Lipinski definition) is 0. The molecule has 1 heterocycles. The molecule has 0 bridgehead atoms. The number of nitrogens with zero attached hydrogens (tertiary/aromatic N) is 1. The van der Waals surface area contributed by atoms with Gasteiger partial charge in [-0.15, -0.1) is 22.9 Å². The van der Waals surface area contributed by atoms with Crippen LogP contribution in [0.25, 0.3) is 10.6 Å². The van der Waals surface area contributed by atoms with E-state index >= 15 is 0 Å². The largest absolute Gasteiger partial charge is 0.244 e. The Morgan fingerprint density at radius 1 is 1.29 bits per heavy atom. The van der Waals surface area contributed by atoms with E-state index in [1.54, 1.807) is 17.5 Å². The molecule has 1 aromatic carbocycles. The van der Waals surface area contributed by atoms with Crippen LogP contribution in [0.15, 0.2) is 30.5 Å². The summed E-state index contributed by atoms with van der Waals surface area (Å²) in [4.78, 5) is 5.32. The zero-order chi connectivity index (χ0) is 9.97. The molecule has 0 atom stereocenters. The quantitative estimate of drug-likeness (QED) is 0.721. The van der Waals surface area contributed by atoms with Crippen LogP contribution >= 0.6 is 34.5 Å². The third-order valence-electron chi connectivity index (χ3n) is 1.79. The Bertz CT molecular complexity index is 439. The van der Waals surface area contributed by atoms with Gasteiger partial charge < -0.3 is 0 Å². The van der Waals surface area contributed by atoms with E-state index in [1.807, 2.05) is 24.3 Å². The van der Waals surface area contributed by atoms with Gasteiger partial charge in [0.25, 0.3) is 0 Å². The Hall–Kier alpha value is -0.570. The molecule has 0 aliphatic heterocycles. The van der Waals surface area contributed by atoms with Crippen LogP contribution in [0, 0.1) is 0 Å². The topological polar surface area (TPSA) is 12.9 Å². The first-order valence-corrected chi connectivity index (χ1v) is 5.79. The Labute approximate surface area is 96.3 Å². The first-order chi connectivity index (χ1) is 6.81. The van der Waals surface area contributed by atoms with Crippen molar-refractivity contribution < 1.29 is 0 Å². The fourth-order valence-electron chi connectivity index (χ4n) is 1.13. The highest BCUT2D eigenvalue weighted by Gasteiger charge is 2.06. The monoisotopic (exact) mass is 243 g/mol. The molecule has 0 spiro atoms. The predicted molar refractivity (Wildman–Crippen MR) is 62.1 cm³/mol. The molecule has 0 aliphatic carbocycles. The van der Waals surface area contributed by atoms with Gasteiger partial charge in [-0.05, 0) is 6.07 Å². The Balaban J connectivity index is 2.44. The molecule has 1 aromatic heterocycles. The highest BCUT2D eigenvalue weighted by molar-refractivity contribution is 7.15. The van der Waals surface area contributed by atoms with Gasteiger partial charge in [-0.2, -0.15) is 0 Å². The zero-order valence-electron chi connectivity index (χ0n) is 7.21. The van der Waals surface area contributed by atoms with Gasteiger partial charge in [0, 0.05) is 16.6 Å². The third-order valence-corrected chi connectivity index (χ3v) is 3.60. The van der Waals surface area contributed by atoms with E-state index < -0.39 is 0 Å². The molecule has 2 aromatic rings. The Morgan fingerprint density at radius 2 is 2.07 bits per heavy atom. The van der Waals surface area contributed by atoms with Crippen molar-refractivity contribution in [1.82, 2.24) is 4.98 Å². The lowest BCUT2D eigenvalue weighted by Crippen LogP contribution is -1.75. The Morgan fingerprint density at radius 3 is 2.71 bits per heavy atom. The van der Waals surface area contributed by atoms with Crippen LogP contribution in [0.1, 0.15) is 4.88 Å². The fourth-order valence-corrected chi connectivity index (χ4v) is 2.44. The second-order valence-electron chi connectivity index (χ2n) is 2.75. The highest BCUT2D eigenvalue weighted by atomic mass is 35.5. The molecule has 0 aliphatic rings. The maximum atomic E-state index is 6.04. The molecule has 72 valence electrons. The van der Waals surface area contributed by atoms with Gasteiger partial charge in [-0.1, -0.05) is 29.8 Å². The molecule has 2 rings (SSSR count). The molecule has 0 saturated heterocycles. The second-order valence-corrected chi connectivity index (χ2v) is 4.53. The molecule has 0 N–H and O–H groups in total. The van der Waals surface area contributed by atoms with Crippen molar-refractivity contribution in [2.75, 3.05) is 0 Å². The van der Waals surface area contributed by atoms with Crippen molar-refractivity contribution >= 4 is 34.5 Å². The van der Waals surface area contributed by atoms with E-state index in [0.29, 0.717) is 5.88 Å². The van der Waals surface area contributed by atoms with Crippen LogP contribution in [-0.2, 0) is 5.88 Å². The van der Waals surface area contributed by atoms with Crippen molar-refractivity contribution in [3.63, 3.8) is 0 Å². The summed E-state index contributed by atoms with van der Waals surface area (Å²) >= 11 is 13.3. The van der Waals surface area contributed by atoms with Gasteiger partial charge in [-0.3, -0.25) is 0 Å². The van der Waals surface area contributed by atoms with Crippen LogP contribution in [0.3, 0.4) is 0 Å². The van der Waals surface area contributed by atoms with Crippen molar-refractivity contribution in [3.05, 3.63) is 40.4 Å². The number of hydrogen-bond acceptors (Lipinski definition) is 2. The number of alkyl halides is 1. The van der Waals surface area contributed by atoms with E-state index in [9.17, 15) is 0 Å². The van der Waals surface area contributed by atoms with E-state index in [2.05, 4.69) is 4.98 Å². The highest BCUT2D eigenvalue weighted by Crippen LogP contribution is 2.31. The van der Waals surface area contributed by atoms with Crippen LogP contribution in [0.4, 0.5) is 0 Å². The molecular formula is C10H7Cl2NS. The maximum absolute atomic E-state index is 6.04. The smallest absolute Gasteiger partial charge is 0.125 e. The van der Waals surface area contributed by atoms with Gasteiger partial charge in [0.05, 0.1) is 10.9 Å². The lowest BCUT2D eigenvalue weighted by Gasteiger charge is -1.97. The van der Waals surface area contributed by atoms with Gasteiger partial charge in [-0.25, -0.2) is 4.98 Å². The van der Waals surface area contributed by atoms with Gasteiger partial charge in [0.15, 0.2) is 0 Å². The molecule has 1 nitrogen and oxygen atoms in total. The van der Waals surface area contributed by atoms with E-state index in [4.69, 9.17) is 23.2 Å². The minimum absolute atomic E-state index is 0.502. The lowest BCUT2D eigenvalue weighted by molar-refractivity contribution is 1.36. The third kappa shape index (κ3) is 1.92. The molecular weight excluding hydrogens is 237 g/mol. The summed E-state index contributed by atoms with van der Waals surface area (Å²) in [6.07, 6.45) is 1.79. The number of aromatic nitrogens is 1. The van der Waals surface area contributed by atoms with E-state index in [-0.39, 0.29) is 0 Å². The first kappa shape index (κ1) is 9.97. The van der Waals surface area contributed by atoms with Crippen LogP contribution in [0.5, 0.6) is 0 Å². The maximum Gasteiger partial charge on any atom is 0.125 e. The van der Waals surface area contributed by atoms with E-state index in [1.165, 1.54) is 0 Å². The minimum atomic E-state index is 0.502. The molecule has 0 amide bonds. The zero-order valence-corrected chi connectivity index (χ0v) is 9.53. The summed E-state index contributed by atoms with van der Waals surface area (Å²) < 4.78 is 0. The summed E-state index contributed by atoms with van der Waals surface area (Å²) in [5.41, 5.74) is 0.968. The average Bonchev–Trinajstić information content (AvgIpc) is 2.67. The minimum Gasteiger partial charge on any atom is -0.244 e. The number of benzene rings is 1. The lowest BCUT2D eigenvalue weighted by atomic mass is 10.2. The van der Waals surface area contributed by atoms with Crippen LogP contribution in [-0.4, -0.2) is 4.98 Å². The standard InChI is InChI=1S/C10H7Cl2NS/c11-5-7-6-13-10(14-7)8-3-1-2-4-9(8)12/h1-4,6H,5H2. The summed E-state index contributed by atoms with van der Waals surface area (Å²) in [7, 11) is 0. The number of halogens is 2. The molecule has 0 saturated carbocycles. The average molecular weight is 244 g/mol. The molecule has 14 heavy (non-hydrogen) atoms. The van der Waals surface area contributed by atoms with Gasteiger partial charge in [0.1, 0.15) is 5.01 Å². The molecule has 0 unspecified atom stereocenters. The molecule has 0 radical (unpaired) electrons. The van der Waals surface area contributed by atoms with Crippen LogP contribution in [0.2, 0.25) is 5.02 Å². The predicted octanol–water partition coefficient (Wildman–Crippen LogP) is 4.20. The Kier molecular flexibility index (Phi) is 3.06. The summed E-state index contributed by atoms with van der Waals surface area (Å²) in [6.45, 7) is 0. The number of rotatable bonds is 2. The summed E-state index contributed by atoms with van der Waals surface area (Å²) in [5.74, 6) is 0.502. The van der Waals surface area contributed by atoms with Crippen molar-refractivity contribution in [1.29, 1.82) is 0 Å². The van der Waals surface area contributed by atoms with Crippen LogP contribution < -0.4 is 0 Å². The van der Waals surface area contributed by atoms with Gasteiger partial charge in [0.2, 0.25) is 0 Å². The second kappa shape index (κ2) is 4.30. The van der Waals surface area contributed by atoms with Crippen molar-refractivity contribution in [2.24, 2.45) is 0 Å². The SMILES string of the molecule is ClCc1cnc(-c2ccccc2Cl)s1. The number of thiazole rings is 1. The van der Waals surface area contributed by atoms with E-state index in [0.717, 1.165) is 20.5 Å². The van der Waals surface area contributed by atoms with Gasteiger partial charge >= 0.3 is 0 Å².